The Balaban J connectivity index is 1.93. The molecule has 0 aromatic carbocycles. The molecule has 0 spiro atoms. The number of likely N-dealkylation sites (tertiary alicyclic amines) is 1. The fourth-order valence-electron chi connectivity index (χ4n) is 2.93. The first kappa shape index (κ1) is 14.6. The highest BCUT2D eigenvalue weighted by atomic mass is 16.4. The lowest BCUT2D eigenvalue weighted by molar-refractivity contribution is -0.118. The van der Waals surface area contributed by atoms with Gasteiger partial charge in [-0.3, -0.25) is 4.79 Å². The number of carboxylic acid groups (broad SMARTS) is 1. The molecule has 0 unspecified atom stereocenters. The lowest BCUT2D eigenvalue weighted by Crippen LogP contribution is -2.56. The third-order valence-corrected chi connectivity index (χ3v) is 3.93. The third kappa shape index (κ3) is 3.20. The van der Waals surface area contributed by atoms with E-state index in [9.17, 15) is 14.4 Å². The van der Waals surface area contributed by atoms with Crippen molar-refractivity contribution in [3.05, 3.63) is 0 Å². The van der Waals surface area contributed by atoms with Crippen molar-refractivity contribution in [1.29, 1.82) is 0 Å². The maximum atomic E-state index is 12.3. The van der Waals surface area contributed by atoms with Crippen molar-refractivity contribution < 1.29 is 19.5 Å². The van der Waals surface area contributed by atoms with Gasteiger partial charge in [0.2, 0.25) is 0 Å². The van der Waals surface area contributed by atoms with E-state index in [-0.39, 0.29) is 24.4 Å². The lowest BCUT2D eigenvalue weighted by Gasteiger charge is -2.42. The van der Waals surface area contributed by atoms with Crippen LogP contribution in [0.3, 0.4) is 0 Å². The van der Waals surface area contributed by atoms with Gasteiger partial charge in [0, 0.05) is 32.2 Å². The molecule has 7 nitrogen and oxygen atoms in total. The van der Waals surface area contributed by atoms with Crippen LogP contribution in [0.4, 0.5) is 9.59 Å². The summed E-state index contributed by atoms with van der Waals surface area (Å²) >= 11 is 0. The van der Waals surface area contributed by atoms with Crippen LogP contribution in [0.1, 0.15) is 26.2 Å². The van der Waals surface area contributed by atoms with Gasteiger partial charge in [-0.05, 0) is 26.2 Å². The number of rotatable bonds is 3. The molecule has 0 bridgehead atoms. The van der Waals surface area contributed by atoms with E-state index in [1.54, 1.807) is 4.90 Å². The third-order valence-electron chi connectivity index (χ3n) is 3.93. The zero-order chi connectivity index (χ0) is 14.7. The number of Topliss-reactive ketones (excluding diaryl/α,β-unsaturated/α-hetero) is 1. The molecule has 2 aliphatic rings. The number of amides is 3. The van der Waals surface area contributed by atoms with E-state index in [1.807, 2.05) is 4.90 Å². The van der Waals surface area contributed by atoms with Crippen LogP contribution in [0.5, 0.6) is 0 Å². The molecule has 2 aliphatic heterocycles. The van der Waals surface area contributed by atoms with Gasteiger partial charge in [0.05, 0.1) is 6.54 Å². The zero-order valence-corrected chi connectivity index (χ0v) is 11.7. The number of carbonyl (C=O) groups is 3. The average Bonchev–Trinajstić information content (AvgIpc) is 2.41. The molecule has 20 heavy (non-hydrogen) atoms. The van der Waals surface area contributed by atoms with Gasteiger partial charge in [-0.25, -0.2) is 9.59 Å². The van der Waals surface area contributed by atoms with E-state index in [1.165, 1.54) is 11.8 Å². The van der Waals surface area contributed by atoms with E-state index in [0.29, 0.717) is 39.0 Å². The smallest absolute Gasteiger partial charge is 0.407 e. The van der Waals surface area contributed by atoms with Crippen molar-refractivity contribution in [2.75, 3.05) is 32.7 Å². The van der Waals surface area contributed by atoms with Gasteiger partial charge in [-0.15, -0.1) is 0 Å². The van der Waals surface area contributed by atoms with Gasteiger partial charge in [0.15, 0.2) is 0 Å². The highest BCUT2D eigenvalue weighted by Gasteiger charge is 2.34. The Morgan fingerprint density at radius 2 is 1.85 bits per heavy atom. The van der Waals surface area contributed by atoms with Crippen molar-refractivity contribution >= 4 is 17.9 Å². The van der Waals surface area contributed by atoms with Gasteiger partial charge < -0.3 is 19.8 Å². The summed E-state index contributed by atoms with van der Waals surface area (Å²) in [5, 5.41) is 8.93. The summed E-state index contributed by atoms with van der Waals surface area (Å²) in [5.41, 5.74) is 0. The van der Waals surface area contributed by atoms with Crippen LogP contribution < -0.4 is 0 Å². The minimum Gasteiger partial charge on any atom is -0.465 e. The molecule has 0 saturated carbocycles. The van der Waals surface area contributed by atoms with Crippen LogP contribution in [0.15, 0.2) is 0 Å². The molecule has 112 valence electrons. The Morgan fingerprint density at radius 1 is 1.20 bits per heavy atom. The highest BCUT2D eigenvalue weighted by Crippen LogP contribution is 2.21. The second-order valence-corrected chi connectivity index (χ2v) is 5.45. The first-order valence-electron chi connectivity index (χ1n) is 7.02. The molecule has 1 N–H and O–H groups in total. The lowest BCUT2D eigenvalue weighted by atomic mass is 10.0. The van der Waals surface area contributed by atoms with Crippen LogP contribution in [0.25, 0.3) is 0 Å². The molecule has 0 radical (unpaired) electrons. The second kappa shape index (κ2) is 6.11. The number of carbonyl (C=O) groups excluding carboxylic acids is 2. The largest absolute Gasteiger partial charge is 0.465 e. The van der Waals surface area contributed by atoms with Gasteiger partial charge in [-0.2, -0.15) is 0 Å². The van der Waals surface area contributed by atoms with Crippen molar-refractivity contribution in [2.45, 2.75) is 32.2 Å². The Kier molecular flexibility index (Phi) is 4.46. The summed E-state index contributed by atoms with van der Waals surface area (Å²) < 4.78 is 0. The number of ketones is 1. The van der Waals surface area contributed by atoms with Crippen molar-refractivity contribution in [3.8, 4) is 0 Å². The van der Waals surface area contributed by atoms with E-state index < -0.39 is 6.09 Å². The molecular weight excluding hydrogens is 262 g/mol. The first-order chi connectivity index (χ1) is 9.49. The topological polar surface area (TPSA) is 81.2 Å². The van der Waals surface area contributed by atoms with Gasteiger partial charge in [0.25, 0.3) is 0 Å². The Morgan fingerprint density at radius 3 is 2.40 bits per heavy atom. The Hall–Kier alpha value is -1.79. The number of urea groups is 1. The van der Waals surface area contributed by atoms with Crippen molar-refractivity contribution in [3.63, 3.8) is 0 Å². The quantitative estimate of drug-likeness (QED) is 0.832. The van der Waals surface area contributed by atoms with Crippen LogP contribution in [-0.2, 0) is 4.79 Å². The number of hydrogen-bond donors (Lipinski definition) is 1. The SMILES string of the molecule is CC(=O)CN1CCCN(C2CCN(C(=O)O)CC2)C1=O. The number of hydrogen-bond acceptors (Lipinski definition) is 3. The Labute approximate surface area is 118 Å². The normalized spacial score (nSPS) is 21.2. The maximum Gasteiger partial charge on any atom is 0.407 e. The average molecular weight is 283 g/mol. The molecule has 0 aliphatic carbocycles. The minimum absolute atomic E-state index is 0.0131. The Bertz CT molecular complexity index is 404. The van der Waals surface area contributed by atoms with Crippen LogP contribution in [0.2, 0.25) is 0 Å². The molecule has 3 amide bonds. The maximum absolute atomic E-state index is 12.3. The zero-order valence-electron chi connectivity index (χ0n) is 11.7. The number of piperidine rings is 1. The fraction of sp³-hybridized carbons (Fsp3) is 0.769. The summed E-state index contributed by atoms with van der Waals surface area (Å²) in [6.07, 6.45) is 1.31. The first-order valence-corrected chi connectivity index (χ1v) is 7.02. The predicted molar refractivity (Wildman–Crippen MR) is 71.6 cm³/mol. The second-order valence-electron chi connectivity index (χ2n) is 5.45. The van der Waals surface area contributed by atoms with Crippen LogP contribution in [0, 0.1) is 0 Å². The monoisotopic (exact) mass is 283 g/mol. The summed E-state index contributed by atoms with van der Waals surface area (Å²) in [6.45, 7) is 3.92. The standard InChI is InChI=1S/C13H21N3O4/c1-10(17)9-15-5-2-6-16(12(15)18)11-3-7-14(8-4-11)13(19)20/h11H,2-9H2,1H3,(H,19,20). The summed E-state index contributed by atoms with van der Waals surface area (Å²) in [7, 11) is 0. The fourth-order valence-corrected chi connectivity index (χ4v) is 2.93. The number of nitrogens with zero attached hydrogens (tertiary/aromatic N) is 3. The van der Waals surface area contributed by atoms with Crippen LogP contribution >= 0.6 is 0 Å². The summed E-state index contributed by atoms with van der Waals surface area (Å²) in [4.78, 5) is 39.2. The molecule has 0 aromatic rings. The summed E-state index contributed by atoms with van der Waals surface area (Å²) in [5.74, 6) is -0.0131. The van der Waals surface area contributed by atoms with Gasteiger partial charge in [-0.1, -0.05) is 0 Å². The van der Waals surface area contributed by atoms with Gasteiger partial charge in [0.1, 0.15) is 5.78 Å². The highest BCUT2D eigenvalue weighted by molar-refractivity contribution is 5.84. The summed E-state index contributed by atoms with van der Waals surface area (Å²) in [6, 6.07) is 0.00748. The molecular formula is C13H21N3O4. The molecule has 2 rings (SSSR count). The van der Waals surface area contributed by atoms with Gasteiger partial charge >= 0.3 is 12.1 Å². The minimum atomic E-state index is -0.897. The molecule has 7 heteroatoms. The van der Waals surface area contributed by atoms with Crippen LogP contribution in [-0.4, -0.2) is 76.5 Å². The molecule has 2 heterocycles. The molecule has 2 saturated heterocycles. The molecule has 0 atom stereocenters. The van der Waals surface area contributed by atoms with E-state index in [0.717, 1.165) is 6.42 Å². The van der Waals surface area contributed by atoms with E-state index in [2.05, 4.69) is 0 Å². The van der Waals surface area contributed by atoms with E-state index >= 15 is 0 Å². The molecule has 0 aromatic heterocycles. The van der Waals surface area contributed by atoms with Crippen molar-refractivity contribution in [2.24, 2.45) is 0 Å². The van der Waals surface area contributed by atoms with Crippen molar-refractivity contribution in [1.82, 2.24) is 14.7 Å². The van der Waals surface area contributed by atoms with E-state index in [4.69, 9.17) is 5.11 Å². The predicted octanol–water partition coefficient (Wildman–Crippen LogP) is 0.845. The molecule has 2 fully saturated rings.